The van der Waals surface area contributed by atoms with E-state index < -0.39 is 16.8 Å². The van der Waals surface area contributed by atoms with Gasteiger partial charge < -0.3 is 4.74 Å². The smallest absolute Gasteiger partial charge is 0.341 e. The Bertz CT molecular complexity index is 238. The first kappa shape index (κ1) is 13.8. The van der Waals surface area contributed by atoms with Crippen molar-refractivity contribution in [3.05, 3.63) is 12.2 Å². The number of ether oxygens (including phenoxy) is 1. The summed E-state index contributed by atoms with van der Waals surface area (Å²) in [7, 11) is 0. The molecule has 3 nitrogen and oxygen atoms in total. The molecule has 0 bridgehead atoms. The van der Waals surface area contributed by atoms with Crippen LogP contribution in [0.5, 0.6) is 0 Å². The van der Waals surface area contributed by atoms with Gasteiger partial charge >= 0.3 is 11.9 Å². The van der Waals surface area contributed by atoms with Crippen molar-refractivity contribution in [1.29, 1.82) is 0 Å². The summed E-state index contributed by atoms with van der Waals surface area (Å²) in [6, 6.07) is 0. The molecular weight excluding hydrogens is 316 g/mol. The fourth-order valence-corrected chi connectivity index (χ4v) is 1.05. The average molecular weight is 328 g/mol. The van der Waals surface area contributed by atoms with Gasteiger partial charge in [-0.25, -0.2) is 4.79 Å². The Hall–Kier alpha value is -0.160. The van der Waals surface area contributed by atoms with Crippen molar-refractivity contribution in [3.8, 4) is 0 Å². The molecule has 0 spiro atoms. The third-order valence-corrected chi connectivity index (χ3v) is 3.64. The molecule has 0 saturated carbocycles. The second-order valence-corrected chi connectivity index (χ2v) is 4.44. The molecule has 1 unspecified atom stereocenters. The Balaban J connectivity index is 4.06. The van der Waals surface area contributed by atoms with E-state index in [1.807, 2.05) is 6.92 Å². The molecule has 0 fully saturated rings. The molecule has 0 rings (SSSR count). The van der Waals surface area contributed by atoms with Gasteiger partial charge in [0, 0.05) is 10.9 Å². The molecule has 5 heteroatoms. The molecule has 0 aliphatic rings. The Labute approximate surface area is 100 Å². The number of hydrogen-bond donors (Lipinski definition) is 0. The third-order valence-electron chi connectivity index (χ3n) is 1.42. The lowest BCUT2D eigenvalue weighted by Crippen LogP contribution is -2.23. The van der Waals surface area contributed by atoms with E-state index in [1.54, 1.807) is 0 Å². The standard InChI is InChI=1S/C9H12Br2O3/c1-3-4-6(2)8(12)14-9(13)7(11)5-10/h7H,2-5H2,1H3. The molecule has 0 aromatic carbocycles. The van der Waals surface area contributed by atoms with E-state index >= 15 is 0 Å². The summed E-state index contributed by atoms with van der Waals surface area (Å²) < 4.78 is 4.56. The van der Waals surface area contributed by atoms with Crippen LogP contribution in [0.3, 0.4) is 0 Å². The van der Waals surface area contributed by atoms with Crippen LogP contribution in [0.4, 0.5) is 0 Å². The number of hydrogen-bond acceptors (Lipinski definition) is 3. The highest BCUT2D eigenvalue weighted by atomic mass is 79.9. The predicted molar refractivity (Wildman–Crippen MR) is 61.7 cm³/mol. The molecule has 0 aliphatic carbocycles. The molecule has 14 heavy (non-hydrogen) atoms. The first-order valence-corrected chi connectivity index (χ1v) is 6.20. The average Bonchev–Trinajstić information content (AvgIpc) is 2.16. The van der Waals surface area contributed by atoms with Crippen LogP contribution in [-0.2, 0) is 14.3 Å². The van der Waals surface area contributed by atoms with Crippen molar-refractivity contribution >= 4 is 43.8 Å². The summed E-state index contributed by atoms with van der Waals surface area (Å²) in [5.74, 6) is -1.23. The molecule has 0 amide bonds. The van der Waals surface area contributed by atoms with Gasteiger partial charge in [-0.05, 0) is 6.42 Å². The van der Waals surface area contributed by atoms with Gasteiger partial charge in [0.2, 0.25) is 0 Å². The number of alkyl halides is 2. The first-order chi connectivity index (χ1) is 6.52. The van der Waals surface area contributed by atoms with Crippen LogP contribution >= 0.6 is 31.9 Å². The summed E-state index contributed by atoms with van der Waals surface area (Å²) in [5, 5.41) is 0.402. The van der Waals surface area contributed by atoms with Crippen LogP contribution in [0.1, 0.15) is 19.8 Å². The number of rotatable bonds is 5. The topological polar surface area (TPSA) is 43.4 Å². The fourth-order valence-electron chi connectivity index (χ4n) is 0.694. The second-order valence-electron chi connectivity index (χ2n) is 2.68. The Morgan fingerprint density at radius 3 is 2.50 bits per heavy atom. The third kappa shape index (κ3) is 4.91. The maximum absolute atomic E-state index is 11.2. The predicted octanol–water partition coefficient (Wildman–Crippen LogP) is 2.57. The molecule has 0 saturated heterocycles. The van der Waals surface area contributed by atoms with E-state index in [1.165, 1.54) is 0 Å². The normalized spacial score (nSPS) is 11.9. The van der Waals surface area contributed by atoms with Gasteiger partial charge in [-0.3, -0.25) is 4.79 Å². The van der Waals surface area contributed by atoms with E-state index in [0.717, 1.165) is 6.42 Å². The van der Waals surface area contributed by atoms with Crippen LogP contribution in [0.2, 0.25) is 0 Å². The van der Waals surface area contributed by atoms with Gasteiger partial charge in [-0.2, -0.15) is 0 Å². The molecule has 1 atom stereocenters. The van der Waals surface area contributed by atoms with E-state index in [4.69, 9.17) is 0 Å². The highest BCUT2D eigenvalue weighted by molar-refractivity contribution is 9.12. The molecule has 0 N–H and O–H groups in total. The van der Waals surface area contributed by atoms with Crippen LogP contribution in [0.25, 0.3) is 0 Å². The zero-order valence-electron chi connectivity index (χ0n) is 7.89. The lowest BCUT2D eigenvalue weighted by Gasteiger charge is -2.06. The Morgan fingerprint density at radius 1 is 1.50 bits per heavy atom. The minimum Gasteiger partial charge on any atom is -0.389 e. The quantitative estimate of drug-likeness (QED) is 0.337. The van der Waals surface area contributed by atoms with Gasteiger partial charge in [0.1, 0.15) is 4.83 Å². The van der Waals surface area contributed by atoms with E-state index in [-0.39, 0.29) is 0 Å². The van der Waals surface area contributed by atoms with Crippen molar-refractivity contribution in [2.75, 3.05) is 5.33 Å². The van der Waals surface area contributed by atoms with Crippen LogP contribution in [-0.4, -0.2) is 22.1 Å². The highest BCUT2D eigenvalue weighted by Gasteiger charge is 2.19. The zero-order chi connectivity index (χ0) is 11.1. The van der Waals surface area contributed by atoms with Crippen molar-refractivity contribution in [2.24, 2.45) is 0 Å². The lowest BCUT2D eigenvalue weighted by molar-refractivity contribution is -0.156. The molecular formula is C9H12Br2O3. The number of halogens is 2. The van der Waals surface area contributed by atoms with Crippen molar-refractivity contribution in [3.63, 3.8) is 0 Å². The Morgan fingerprint density at radius 2 is 2.07 bits per heavy atom. The largest absolute Gasteiger partial charge is 0.389 e. The summed E-state index contributed by atoms with van der Waals surface area (Å²) >= 11 is 6.15. The minimum atomic E-state index is -0.637. The molecule has 0 aromatic heterocycles. The highest BCUT2D eigenvalue weighted by Crippen LogP contribution is 2.09. The molecule has 80 valence electrons. The van der Waals surface area contributed by atoms with E-state index in [9.17, 15) is 9.59 Å². The lowest BCUT2D eigenvalue weighted by atomic mass is 10.2. The van der Waals surface area contributed by atoms with Crippen LogP contribution < -0.4 is 0 Å². The maximum Gasteiger partial charge on any atom is 0.341 e. The summed E-state index contributed by atoms with van der Waals surface area (Å²) in [5.41, 5.74) is 0.329. The van der Waals surface area contributed by atoms with Crippen molar-refractivity contribution in [2.45, 2.75) is 24.6 Å². The van der Waals surface area contributed by atoms with Crippen LogP contribution in [0.15, 0.2) is 12.2 Å². The van der Waals surface area contributed by atoms with Gasteiger partial charge in [0.25, 0.3) is 0 Å². The summed E-state index contributed by atoms with van der Waals surface area (Å²) in [6.45, 7) is 5.45. The first-order valence-electron chi connectivity index (χ1n) is 4.16. The second kappa shape index (κ2) is 7.17. The van der Waals surface area contributed by atoms with E-state index in [0.29, 0.717) is 17.3 Å². The SMILES string of the molecule is C=C(CCC)C(=O)OC(=O)C(Br)CBr. The molecule has 0 heterocycles. The van der Waals surface area contributed by atoms with Gasteiger partial charge in [0.05, 0.1) is 0 Å². The fraction of sp³-hybridized carbons (Fsp3) is 0.556. The van der Waals surface area contributed by atoms with Gasteiger partial charge in [-0.1, -0.05) is 51.8 Å². The summed E-state index contributed by atoms with van der Waals surface area (Å²) in [4.78, 5) is 21.8. The van der Waals surface area contributed by atoms with E-state index in [2.05, 4.69) is 43.2 Å². The summed E-state index contributed by atoms with van der Waals surface area (Å²) in [6.07, 6.45) is 1.35. The molecule has 0 aliphatic heterocycles. The minimum absolute atomic E-state index is 0.329. The number of carbonyl (C=O) groups is 2. The maximum atomic E-state index is 11.2. The van der Waals surface area contributed by atoms with Crippen molar-refractivity contribution < 1.29 is 14.3 Å². The number of esters is 2. The molecule has 0 radical (unpaired) electrons. The molecule has 0 aromatic rings. The zero-order valence-corrected chi connectivity index (χ0v) is 11.1. The van der Waals surface area contributed by atoms with Crippen molar-refractivity contribution in [1.82, 2.24) is 0 Å². The van der Waals surface area contributed by atoms with Gasteiger partial charge in [0.15, 0.2) is 0 Å². The van der Waals surface area contributed by atoms with Gasteiger partial charge in [-0.15, -0.1) is 0 Å². The number of carbonyl (C=O) groups excluding carboxylic acids is 2. The van der Waals surface area contributed by atoms with Crippen LogP contribution in [0, 0.1) is 0 Å². The monoisotopic (exact) mass is 326 g/mol. The Kier molecular flexibility index (Phi) is 7.09.